The van der Waals surface area contributed by atoms with Crippen LogP contribution in [0.1, 0.15) is 23.2 Å². The van der Waals surface area contributed by atoms with Crippen molar-refractivity contribution in [2.45, 2.75) is 18.4 Å². The van der Waals surface area contributed by atoms with Gasteiger partial charge in [-0.05, 0) is 51.2 Å². The Balaban J connectivity index is 1.59. The second-order valence-electron chi connectivity index (χ2n) is 8.60. The average Bonchev–Trinajstić information content (AvgIpc) is 2.78. The molecule has 1 atom stereocenters. The number of amides is 1. The zero-order chi connectivity index (χ0) is 23.1. The third-order valence-electron chi connectivity index (χ3n) is 5.57. The summed E-state index contributed by atoms with van der Waals surface area (Å²) in [6.45, 7) is 2.86. The monoisotopic (exact) mass is 442 g/mol. The molecule has 1 aromatic heterocycles. The van der Waals surface area contributed by atoms with Crippen molar-refractivity contribution in [3.05, 3.63) is 42.2 Å². The standard InChI is InChI=1S/C23H34N6O3/c1-24-20-14-21(26-17-25-20)29-11-5-10-23(31,16-29)15-28(4)22(30)18-6-8-19(9-7-18)32-13-12-27(2)3/h6-9,14,17,31H,5,10-13,15-16H2,1-4H3,(H,24,25,26)/t23-/m1/s1. The summed E-state index contributed by atoms with van der Waals surface area (Å²) < 4.78 is 5.69. The molecule has 174 valence electrons. The minimum Gasteiger partial charge on any atom is -0.492 e. The van der Waals surface area contributed by atoms with Gasteiger partial charge in [0.05, 0.1) is 12.1 Å². The van der Waals surface area contributed by atoms with Crippen LogP contribution in [0.2, 0.25) is 0 Å². The van der Waals surface area contributed by atoms with E-state index in [1.807, 2.05) is 49.1 Å². The summed E-state index contributed by atoms with van der Waals surface area (Å²) in [5, 5.41) is 14.3. The van der Waals surface area contributed by atoms with E-state index in [1.165, 1.54) is 6.33 Å². The summed E-state index contributed by atoms with van der Waals surface area (Å²) in [6.07, 6.45) is 2.96. The lowest BCUT2D eigenvalue weighted by molar-refractivity contribution is -0.000137. The zero-order valence-corrected chi connectivity index (χ0v) is 19.4. The van der Waals surface area contributed by atoms with Crippen LogP contribution in [0.25, 0.3) is 0 Å². The van der Waals surface area contributed by atoms with E-state index < -0.39 is 5.60 Å². The number of carbonyl (C=O) groups is 1. The van der Waals surface area contributed by atoms with Gasteiger partial charge in [0.15, 0.2) is 0 Å². The molecule has 1 amide bonds. The Morgan fingerprint density at radius 1 is 1.25 bits per heavy atom. The van der Waals surface area contributed by atoms with Crippen molar-refractivity contribution in [1.29, 1.82) is 0 Å². The molecule has 1 aliphatic heterocycles. The van der Waals surface area contributed by atoms with E-state index in [1.54, 1.807) is 24.1 Å². The maximum atomic E-state index is 12.9. The molecule has 0 aliphatic carbocycles. The Labute approximate surface area is 190 Å². The first-order valence-electron chi connectivity index (χ1n) is 10.9. The van der Waals surface area contributed by atoms with E-state index in [2.05, 4.69) is 15.3 Å². The quantitative estimate of drug-likeness (QED) is 0.604. The molecule has 9 nitrogen and oxygen atoms in total. The third kappa shape index (κ3) is 6.30. The average molecular weight is 443 g/mol. The number of nitrogens with one attached hydrogen (secondary N) is 1. The van der Waals surface area contributed by atoms with Crippen LogP contribution >= 0.6 is 0 Å². The number of likely N-dealkylation sites (N-methyl/N-ethyl adjacent to an activating group) is 2. The molecule has 2 N–H and O–H groups in total. The molecule has 9 heteroatoms. The summed E-state index contributed by atoms with van der Waals surface area (Å²) in [5.41, 5.74) is -0.443. The van der Waals surface area contributed by atoms with Gasteiger partial charge in [0.1, 0.15) is 30.3 Å². The van der Waals surface area contributed by atoms with Crippen LogP contribution < -0.4 is 15.0 Å². The Morgan fingerprint density at radius 3 is 2.69 bits per heavy atom. The molecule has 1 fully saturated rings. The molecule has 0 saturated carbocycles. The van der Waals surface area contributed by atoms with E-state index >= 15 is 0 Å². The molecular weight excluding hydrogens is 408 g/mol. The minimum absolute atomic E-state index is 0.130. The molecule has 1 aliphatic rings. The highest BCUT2D eigenvalue weighted by molar-refractivity contribution is 5.94. The van der Waals surface area contributed by atoms with Crippen molar-refractivity contribution in [2.75, 3.05) is 71.2 Å². The number of aliphatic hydroxyl groups is 1. The van der Waals surface area contributed by atoms with Crippen molar-refractivity contribution in [3.8, 4) is 5.75 Å². The number of rotatable bonds is 9. The maximum absolute atomic E-state index is 12.9. The SMILES string of the molecule is CNc1cc(N2CCC[C@@](O)(CN(C)C(=O)c3ccc(OCCN(C)C)cc3)C2)ncn1. The van der Waals surface area contributed by atoms with Gasteiger partial charge in [-0.2, -0.15) is 0 Å². The first-order valence-corrected chi connectivity index (χ1v) is 10.9. The number of β-amino-alcohol motifs (C(OH)–C–C–N with tert-alkyl or cyclic N) is 1. The second kappa shape index (κ2) is 10.6. The first kappa shape index (κ1) is 23.7. The molecule has 3 rings (SSSR count). The van der Waals surface area contributed by atoms with Crippen LogP contribution in [0.5, 0.6) is 5.75 Å². The van der Waals surface area contributed by atoms with Crippen molar-refractivity contribution in [2.24, 2.45) is 0 Å². The van der Waals surface area contributed by atoms with E-state index in [0.29, 0.717) is 25.1 Å². The van der Waals surface area contributed by atoms with Gasteiger partial charge in [-0.25, -0.2) is 9.97 Å². The van der Waals surface area contributed by atoms with Crippen molar-refractivity contribution < 1.29 is 14.6 Å². The normalized spacial score (nSPS) is 18.5. The molecule has 2 aromatic rings. The van der Waals surface area contributed by atoms with Crippen LogP contribution in [0.3, 0.4) is 0 Å². The lowest BCUT2D eigenvalue weighted by Gasteiger charge is -2.41. The van der Waals surface area contributed by atoms with Crippen molar-refractivity contribution >= 4 is 17.5 Å². The fourth-order valence-corrected chi connectivity index (χ4v) is 3.87. The molecule has 32 heavy (non-hydrogen) atoms. The zero-order valence-electron chi connectivity index (χ0n) is 19.4. The van der Waals surface area contributed by atoms with Gasteiger partial charge in [-0.3, -0.25) is 4.79 Å². The Morgan fingerprint density at radius 2 is 2.00 bits per heavy atom. The lowest BCUT2D eigenvalue weighted by atomic mass is 9.92. The predicted molar refractivity (Wildman–Crippen MR) is 125 cm³/mol. The van der Waals surface area contributed by atoms with Gasteiger partial charge in [-0.15, -0.1) is 0 Å². The number of piperidine rings is 1. The van der Waals surface area contributed by atoms with E-state index in [9.17, 15) is 9.90 Å². The number of hydrogen-bond acceptors (Lipinski definition) is 8. The van der Waals surface area contributed by atoms with E-state index in [4.69, 9.17) is 4.74 Å². The number of ether oxygens (including phenoxy) is 1. The minimum atomic E-state index is -1.01. The fraction of sp³-hybridized carbons (Fsp3) is 0.522. The maximum Gasteiger partial charge on any atom is 0.253 e. The molecule has 1 saturated heterocycles. The van der Waals surface area contributed by atoms with Crippen molar-refractivity contribution in [1.82, 2.24) is 19.8 Å². The summed E-state index contributed by atoms with van der Waals surface area (Å²) in [7, 11) is 7.52. The summed E-state index contributed by atoms with van der Waals surface area (Å²) in [5.74, 6) is 2.10. The van der Waals surface area contributed by atoms with Gasteiger partial charge in [0, 0.05) is 45.4 Å². The summed E-state index contributed by atoms with van der Waals surface area (Å²) in [4.78, 5) is 27.1. The molecular formula is C23H34N6O3. The van der Waals surface area contributed by atoms with Gasteiger partial charge >= 0.3 is 0 Å². The highest BCUT2D eigenvalue weighted by Gasteiger charge is 2.36. The van der Waals surface area contributed by atoms with Gasteiger partial charge in [0.2, 0.25) is 0 Å². The Hall–Kier alpha value is -2.91. The third-order valence-corrected chi connectivity index (χ3v) is 5.57. The highest BCUT2D eigenvalue weighted by atomic mass is 16.5. The lowest BCUT2D eigenvalue weighted by Crippen LogP contribution is -2.54. The topological polar surface area (TPSA) is 94.1 Å². The van der Waals surface area contributed by atoms with Gasteiger partial charge in [-0.1, -0.05) is 0 Å². The molecule has 0 spiro atoms. The molecule has 0 radical (unpaired) electrons. The predicted octanol–water partition coefficient (Wildman–Crippen LogP) is 1.56. The molecule has 0 unspecified atom stereocenters. The van der Waals surface area contributed by atoms with Crippen LogP contribution in [0.4, 0.5) is 11.6 Å². The van der Waals surface area contributed by atoms with Crippen LogP contribution in [0, 0.1) is 0 Å². The van der Waals surface area contributed by atoms with Gasteiger partial charge < -0.3 is 29.9 Å². The van der Waals surface area contributed by atoms with Crippen molar-refractivity contribution in [3.63, 3.8) is 0 Å². The summed E-state index contributed by atoms with van der Waals surface area (Å²) in [6, 6.07) is 9.01. The molecule has 0 bridgehead atoms. The van der Waals surface area contributed by atoms with Crippen LogP contribution in [-0.2, 0) is 0 Å². The van der Waals surface area contributed by atoms with Gasteiger partial charge in [0.25, 0.3) is 5.91 Å². The van der Waals surface area contributed by atoms with E-state index in [-0.39, 0.29) is 12.5 Å². The first-order chi connectivity index (χ1) is 15.3. The number of nitrogens with zero attached hydrogens (tertiary/aromatic N) is 5. The number of carbonyl (C=O) groups excluding carboxylic acids is 1. The van der Waals surface area contributed by atoms with Crippen LogP contribution in [-0.4, -0.2) is 97.4 Å². The smallest absolute Gasteiger partial charge is 0.253 e. The molecule has 1 aromatic carbocycles. The number of benzene rings is 1. The number of anilines is 2. The second-order valence-corrected chi connectivity index (χ2v) is 8.60. The van der Waals surface area contributed by atoms with Crippen LogP contribution in [0.15, 0.2) is 36.7 Å². The number of hydrogen-bond donors (Lipinski definition) is 2. The number of aromatic nitrogens is 2. The Kier molecular flexibility index (Phi) is 7.87. The van der Waals surface area contributed by atoms with E-state index in [0.717, 1.165) is 36.9 Å². The summed E-state index contributed by atoms with van der Waals surface area (Å²) >= 11 is 0. The highest BCUT2D eigenvalue weighted by Crippen LogP contribution is 2.27. The largest absolute Gasteiger partial charge is 0.492 e. The fourth-order valence-electron chi connectivity index (χ4n) is 3.87. The molecule has 2 heterocycles. The Bertz CT molecular complexity index is 892.